The second kappa shape index (κ2) is 4.62. The zero-order valence-corrected chi connectivity index (χ0v) is 9.81. The molecule has 0 aromatic carbocycles. The molecule has 0 fully saturated rings. The molecule has 1 heterocycles. The van der Waals surface area contributed by atoms with Crippen LogP contribution in [0.2, 0.25) is 0 Å². The molecule has 0 amide bonds. The number of carbonyl (C=O) groups is 1. The number of carboxylic acid groups (broad SMARTS) is 1. The van der Waals surface area contributed by atoms with Crippen LogP contribution in [0.4, 0.5) is 0 Å². The molecule has 0 radical (unpaired) electrons. The Hall–Kier alpha value is -1.41. The van der Waals surface area contributed by atoms with E-state index in [1.165, 1.54) is 13.2 Å². The summed E-state index contributed by atoms with van der Waals surface area (Å²) in [5, 5.41) is 12.2. The van der Waals surface area contributed by atoms with E-state index < -0.39 is 16.0 Å². The van der Waals surface area contributed by atoms with Crippen molar-refractivity contribution in [2.45, 2.75) is 18.4 Å². The van der Waals surface area contributed by atoms with Crippen LogP contribution >= 0.6 is 0 Å². The van der Waals surface area contributed by atoms with Crippen LogP contribution in [0.5, 0.6) is 0 Å². The molecule has 1 rings (SSSR count). The summed E-state index contributed by atoms with van der Waals surface area (Å²) in [6, 6.07) is 0. The average molecular weight is 247 g/mol. The predicted molar refractivity (Wildman–Crippen MR) is 55.4 cm³/mol. The Balaban J connectivity index is 2.98. The Bertz CT molecular complexity index is 479. The van der Waals surface area contributed by atoms with E-state index in [2.05, 4.69) is 5.10 Å². The lowest BCUT2D eigenvalue weighted by molar-refractivity contribution is -0.137. The Morgan fingerprint density at radius 2 is 2.25 bits per heavy atom. The van der Waals surface area contributed by atoms with Crippen molar-refractivity contribution in [1.82, 2.24) is 14.1 Å². The van der Waals surface area contributed by atoms with Gasteiger partial charge in [-0.2, -0.15) is 5.10 Å². The van der Waals surface area contributed by atoms with Crippen molar-refractivity contribution < 1.29 is 18.3 Å². The third kappa shape index (κ3) is 2.58. The van der Waals surface area contributed by atoms with Gasteiger partial charge in [-0.15, -0.1) is 0 Å². The van der Waals surface area contributed by atoms with E-state index in [0.717, 1.165) is 15.2 Å². The van der Waals surface area contributed by atoms with Gasteiger partial charge >= 0.3 is 5.97 Å². The zero-order chi connectivity index (χ0) is 12.3. The minimum Gasteiger partial charge on any atom is -0.480 e. The largest absolute Gasteiger partial charge is 0.480 e. The smallest absolute Gasteiger partial charge is 0.325 e. The molecule has 0 aliphatic heterocycles. The summed E-state index contributed by atoms with van der Waals surface area (Å²) >= 11 is 0. The molecule has 1 aromatic heterocycles. The van der Waals surface area contributed by atoms with Crippen LogP contribution in [0.1, 0.15) is 6.92 Å². The normalized spacial score (nSPS) is 11.9. The molecule has 90 valence electrons. The third-order valence-corrected chi connectivity index (χ3v) is 3.95. The van der Waals surface area contributed by atoms with E-state index in [4.69, 9.17) is 5.11 Å². The summed E-state index contributed by atoms with van der Waals surface area (Å²) < 4.78 is 25.8. The van der Waals surface area contributed by atoms with Gasteiger partial charge in [0, 0.05) is 19.8 Å². The summed E-state index contributed by atoms with van der Waals surface area (Å²) in [4.78, 5) is 10.4. The minimum atomic E-state index is -3.55. The van der Waals surface area contributed by atoms with Crippen LogP contribution in [-0.4, -0.2) is 47.2 Å². The fraction of sp³-hybridized carbons (Fsp3) is 0.500. The monoisotopic (exact) mass is 247 g/mol. The van der Waals surface area contributed by atoms with Crippen molar-refractivity contribution in [3.05, 3.63) is 12.4 Å². The van der Waals surface area contributed by atoms with Crippen LogP contribution in [0.15, 0.2) is 17.3 Å². The number of hydrogen-bond acceptors (Lipinski definition) is 4. The fourth-order valence-corrected chi connectivity index (χ4v) is 2.19. The van der Waals surface area contributed by atoms with E-state index in [-0.39, 0.29) is 11.4 Å². The molecule has 0 atom stereocenters. The van der Waals surface area contributed by atoms with Crippen LogP contribution in [0, 0.1) is 0 Å². The highest BCUT2D eigenvalue weighted by Gasteiger charge is 2.21. The van der Waals surface area contributed by atoms with Gasteiger partial charge in [0.15, 0.2) is 0 Å². The van der Waals surface area contributed by atoms with Gasteiger partial charge < -0.3 is 5.11 Å². The standard InChI is InChI=1S/C8H13N3O4S/c1-3-10(2)16(14,15)7-4-9-11(5-7)6-8(12)13/h4-5H,3,6H2,1-2H3,(H,12,13). The van der Waals surface area contributed by atoms with Gasteiger partial charge in [0.25, 0.3) is 0 Å². The molecule has 1 aromatic rings. The SMILES string of the molecule is CCN(C)S(=O)(=O)c1cnn(CC(=O)O)c1. The molecule has 0 aliphatic rings. The highest BCUT2D eigenvalue weighted by Crippen LogP contribution is 2.12. The summed E-state index contributed by atoms with van der Waals surface area (Å²) in [7, 11) is -2.10. The predicted octanol–water partition coefficient (Wildman–Crippen LogP) is -0.392. The van der Waals surface area contributed by atoms with Crippen LogP contribution < -0.4 is 0 Å². The Morgan fingerprint density at radius 1 is 1.62 bits per heavy atom. The van der Waals surface area contributed by atoms with E-state index in [9.17, 15) is 13.2 Å². The van der Waals surface area contributed by atoms with E-state index in [1.54, 1.807) is 6.92 Å². The first-order chi connectivity index (χ1) is 7.37. The van der Waals surface area contributed by atoms with Gasteiger partial charge in [0.1, 0.15) is 11.4 Å². The fourth-order valence-electron chi connectivity index (χ4n) is 1.05. The van der Waals surface area contributed by atoms with E-state index >= 15 is 0 Å². The minimum absolute atomic E-state index is 0.00176. The molecule has 0 spiro atoms. The van der Waals surface area contributed by atoms with Gasteiger partial charge in [-0.3, -0.25) is 9.48 Å². The van der Waals surface area contributed by atoms with Crippen molar-refractivity contribution in [3.8, 4) is 0 Å². The highest BCUT2D eigenvalue weighted by molar-refractivity contribution is 7.89. The number of carboxylic acids is 1. The first-order valence-corrected chi connectivity index (χ1v) is 6.02. The molecule has 8 heteroatoms. The molecule has 0 bridgehead atoms. The molecule has 1 N–H and O–H groups in total. The maximum Gasteiger partial charge on any atom is 0.325 e. The molecule has 16 heavy (non-hydrogen) atoms. The van der Waals surface area contributed by atoms with Crippen molar-refractivity contribution in [3.63, 3.8) is 0 Å². The Morgan fingerprint density at radius 3 is 2.75 bits per heavy atom. The molecule has 0 aliphatic carbocycles. The van der Waals surface area contributed by atoms with Crippen molar-refractivity contribution in [2.75, 3.05) is 13.6 Å². The first kappa shape index (κ1) is 12.7. The maximum absolute atomic E-state index is 11.8. The lowest BCUT2D eigenvalue weighted by Crippen LogP contribution is -2.26. The zero-order valence-electron chi connectivity index (χ0n) is 8.99. The van der Waals surface area contributed by atoms with E-state index in [1.807, 2.05) is 0 Å². The second-order valence-electron chi connectivity index (χ2n) is 3.19. The number of aromatic nitrogens is 2. The molecule has 0 unspecified atom stereocenters. The number of rotatable bonds is 5. The topological polar surface area (TPSA) is 92.5 Å². The molecule has 7 nitrogen and oxygen atoms in total. The second-order valence-corrected chi connectivity index (χ2v) is 5.23. The van der Waals surface area contributed by atoms with Gasteiger partial charge in [-0.25, -0.2) is 12.7 Å². The lowest BCUT2D eigenvalue weighted by Gasteiger charge is -2.12. The Kier molecular flexibility index (Phi) is 3.66. The van der Waals surface area contributed by atoms with Crippen LogP contribution in [0.25, 0.3) is 0 Å². The quantitative estimate of drug-likeness (QED) is 0.764. The summed E-state index contributed by atoms with van der Waals surface area (Å²) in [5.41, 5.74) is 0. The van der Waals surface area contributed by atoms with Crippen molar-refractivity contribution >= 4 is 16.0 Å². The summed E-state index contributed by atoms with van der Waals surface area (Å²) in [5.74, 6) is -1.07. The Labute approximate surface area is 93.3 Å². The first-order valence-electron chi connectivity index (χ1n) is 4.58. The maximum atomic E-state index is 11.8. The van der Waals surface area contributed by atoms with Crippen LogP contribution in [-0.2, 0) is 21.4 Å². The molecule has 0 saturated heterocycles. The van der Waals surface area contributed by atoms with Gasteiger partial charge in [0.2, 0.25) is 10.0 Å². The average Bonchev–Trinajstić information content (AvgIpc) is 2.64. The molecular formula is C8H13N3O4S. The van der Waals surface area contributed by atoms with Crippen molar-refractivity contribution in [1.29, 1.82) is 0 Å². The molecular weight excluding hydrogens is 234 g/mol. The van der Waals surface area contributed by atoms with Crippen LogP contribution in [0.3, 0.4) is 0 Å². The number of aliphatic carboxylic acids is 1. The summed E-state index contributed by atoms with van der Waals surface area (Å²) in [6.07, 6.45) is 2.35. The number of hydrogen-bond donors (Lipinski definition) is 1. The number of nitrogens with zero attached hydrogens (tertiary/aromatic N) is 3. The summed E-state index contributed by atoms with van der Waals surface area (Å²) in [6.45, 7) is 1.69. The third-order valence-electron chi connectivity index (χ3n) is 2.06. The van der Waals surface area contributed by atoms with Gasteiger partial charge in [-0.05, 0) is 0 Å². The number of sulfonamides is 1. The lowest BCUT2D eigenvalue weighted by atomic mass is 10.6. The van der Waals surface area contributed by atoms with Crippen molar-refractivity contribution in [2.24, 2.45) is 0 Å². The molecule has 0 saturated carbocycles. The van der Waals surface area contributed by atoms with Gasteiger partial charge in [0.05, 0.1) is 6.20 Å². The van der Waals surface area contributed by atoms with E-state index in [0.29, 0.717) is 6.54 Å². The van der Waals surface area contributed by atoms with Gasteiger partial charge in [-0.1, -0.05) is 6.92 Å². The highest BCUT2D eigenvalue weighted by atomic mass is 32.2.